The number of hydrogen-bond acceptors (Lipinski definition) is 7. The zero-order valence-electron chi connectivity index (χ0n) is 20.3. The number of ether oxygens (including phenoxy) is 2. The molecule has 1 atom stereocenters. The lowest BCUT2D eigenvalue weighted by Gasteiger charge is -2.19. The quantitative estimate of drug-likeness (QED) is 0.310. The van der Waals surface area contributed by atoms with Crippen LogP contribution >= 0.6 is 0 Å². The topological polar surface area (TPSA) is 108 Å². The number of benzene rings is 3. The molecule has 0 spiro atoms. The molecule has 3 rings (SSSR count). The highest BCUT2D eigenvalue weighted by molar-refractivity contribution is 7.87. The van der Waals surface area contributed by atoms with Crippen molar-refractivity contribution in [2.24, 2.45) is 0 Å². The van der Waals surface area contributed by atoms with Crippen molar-refractivity contribution in [2.45, 2.75) is 44.3 Å². The zero-order valence-corrected chi connectivity index (χ0v) is 21.2. The number of alkyl carbamates (subject to hydrolysis) is 1. The molecule has 0 radical (unpaired) electrons. The molecule has 9 heteroatoms. The first-order chi connectivity index (χ1) is 17.1. The third-order valence-electron chi connectivity index (χ3n) is 5.10. The molecule has 8 nitrogen and oxygen atoms in total. The monoisotopic (exact) mass is 511 g/mol. The van der Waals surface area contributed by atoms with Gasteiger partial charge in [0.1, 0.15) is 17.3 Å². The molecular formula is C27H29NO7S. The van der Waals surface area contributed by atoms with Crippen molar-refractivity contribution >= 4 is 22.2 Å². The molecule has 190 valence electrons. The Hall–Kier alpha value is -3.85. The molecule has 3 aromatic rings. The minimum absolute atomic E-state index is 0.0359. The average Bonchev–Trinajstić information content (AvgIpc) is 2.84. The Morgan fingerprint density at radius 2 is 1.53 bits per heavy atom. The van der Waals surface area contributed by atoms with Crippen LogP contribution in [0.1, 0.15) is 36.5 Å². The van der Waals surface area contributed by atoms with Crippen molar-refractivity contribution in [2.75, 3.05) is 6.54 Å². The van der Waals surface area contributed by atoms with Crippen LogP contribution in [0.3, 0.4) is 0 Å². The maximum atomic E-state index is 12.7. The van der Waals surface area contributed by atoms with E-state index in [0.717, 1.165) is 11.1 Å². The van der Waals surface area contributed by atoms with Gasteiger partial charge in [0, 0.05) is 6.54 Å². The predicted octanol–water partition coefficient (Wildman–Crippen LogP) is 4.72. The van der Waals surface area contributed by atoms with Crippen molar-refractivity contribution in [1.29, 1.82) is 0 Å². The van der Waals surface area contributed by atoms with E-state index in [1.165, 1.54) is 24.3 Å². The van der Waals surface area contributed by atoms with E-state index < -0.39 is 28.1 Å². The van der Waals surface area contributed by atoms with Crippen LogP contribution in [0.5, 0.6) is 5.75 Å². The fourth-order valence-electron chi connectivity index (χ4n) is 3.25. The van der Waals surface area contributed by atoms with Crippen LogP contribution in [0.2, 0.25) is 0 Å². The van der Waals surface area contributed by atoms with Gasteiger partial charge in [0.25, 0.3) is 0 Å². The second-order valence-corrected chi connectivity index (χ2v) is 9.95. The Morgan fingerprint density at radius 1 is 0.889 bits per heavy atom. The summed E-state index contributed by atoms with van der Waals surface area (Å²) in [6, 6.07) is 21.5. The summed E-state index contributed by atoms with van der Waals surface area (Å²) in [4.78, 5) is 25.0. The lowest BCUT2D eigenvalue weighted by molar-refractivity contribution is -0.149. The van der Waals surface area contributed by atoms with E-state index in [0.29, 0.717) is 5.56 Å². The normalized spacial score (nSPS) is 12.0. The number of carbonyl (C=O) groups excluding carboxylic acids is 2. The van der Waals surface area contributed by atoms with Crippen LogP contribution in [0.4, 0.5) is 4.79 Å². The van der Waals surface area contributed by atoms with Crippen molar-refractivity contribution in [3.05, 3.63) is 95.6 Å². The summed E-state index contributed by atoms with van der Waals surface area (Å²) >= 11 is 0. The number of nitrogens with one attached hydrogen (secondary N) is 1. The molecule has 1 N–H and O–H groups in total. The highest BCUT2D eigenvalue weighted by Crippen LogP contribution is 2.24. The molecule has 0 aliphatic carbocycles. The number of esters is 1. The number of rotatable bonds is 10. The van der Waals surface area contributed by atoms with Gasteiger partial charge in [0.2, 0.25) is 0 Å². The Bertz CT molecular complexity index is 1260. The van der Waals surface area contributed by atoms with Crippen LogP contribution in [0.15, 0.2) is 83.8 Å². The first-order valence-corrected chi connectivity index (χ1v) is 12.8. The predicted molar refractivity (Wildman–Crippen MR) is 134 cm³/mol. The van der Waals surface area contributed by atoms with Crippen LogP contribution in [-0.4, -0.2) is 33.1 Å². The van der Waals surface area contributed by atoms with Gasteiger partial charge in [-0.15, -0.1) is 0 Å². The second-order valence-electron chi connectivity index (χ2n) is 8.40. The van der Waals surface area contributed by atoms with Crippen molar-refractivity contribution < 1.29 is 31.7 Å². The van der Waals surface area contributed by atoms with Gasteiger partial charge in [-0.1, -0.05) is 60.2 Å². The molecule has 0 aliphatic heterocycles. The van der Waals surface area contributed by atoms with Gasteiger partial charge < -0.3 is 19.0 Å². The standard InChI is InChI=1S/C27H29NO7S/c1-19(2)34-26(29)25(17-28-27(30)33-18-21-7-5-4-6-8-21)22-11-13-23(14-12-22)35-36(31,32)24-15-9-20(3)10-16-24/h4-16,19,25H,17-18H2,1-3H3,(H,28,30). The van der Waals surface area contributed by atoms with Crippen LogP contribution in [-0.2, 0) is 31.0 Å². The van der Waals surface area contributed by atoms with Gasteiger partial charge in [-0.2, -0.15) is 8.42 Å². The first kappa shape index (κ1) is 26.7. The number of hydrogen-bond donors (Lipinski definition) is 1. The van der Waals surface area contributed by atoms with Gasteiger partial charge in [-0.3, -0.25) is 4.79 Å². The smallest absolute Gasteiger partial charge is 0.407 e. The minimum atomic E-state index is -4.01. The third kappa shape index (κ3) is 7.84. The molecule has 0 fully saturated rings. The highest BCUT2D eigenvalue weighted by Gasteiger charge is 2.25. The van der Waals surface area contributed by atoms with E-state index in [4.69, 9.17) is 13.7 Å². The molecule has 1 unspecified atom stereocenters. The lowest BCUT2D eigenvalue weighted by Crippen LogP contribution is -2.33. The third-order valence-corrected chi connectivity index (χ3v) is 6.36. The fraction of sp³-hybridized carbons (Fsp3) is 0.259. The Labute approximate surface area is 211 Å². The molecule has 36 heavy (non-hydrogen) atoms. The van der Waals surface area contributed by atoms with Gasteiger partial charge in [0.05, 0.1) is 12.0 Å². The van der Waals surface area contributed by atoms with Crippen LogP contribution in [0.25, 0.3) is 0 Å². The molecule has 0 heterocycles. The Balaban J connectivity index is 1.67. The van der Waals surface area contributed by atoms with Gasteiger partial charge in [-0.25, -0.2) is 4.79 Å². The molecule has 0 aromatic heterocycles. The number of carbonyl (C=O) groups is 2. The van der Waals surface area contributed by atoms with E-state index >= 15 is 0 Å². The maximum Gasteiger partial charge on any atom is 0.407 e. The van der Waals surface area contributed by atoms with Crippen molar-refractivity contribution in [1.82, 2.24) is 5.32 Å². The minimum Gasteiger partial charge on any atom is -0.462 e. The van der Waals surface area contributed by atoms with E-state index in [1.807, 2.05) is 37.3 Å². The molecular weight excluding hydrogens is 482 g/mol. The summed E-state index contributed by atoms with van der Waals surface area (Å²) in [5, 5.41) is 2.60. The number of aryl methyl sites for hydroxylation is 1. The summed E-state index contributed by atoms with van der Waals surface area (Å²) in [5.74, 6) is -1.28. The largest absolute Gasteiger partial charge is 0.462 e. The summed E-state index contributed by atoms with van der Waals surface area (Å²) in [7, 11) is -4.01. The van der Waals surface area contributed by atoms with Gasteiger partial charge in [0.15, 0.2) is 0 Å². The molecule has 0 saturated heterocycles. The molecule has 0 bridgehead atoms. The molecule has 0 saturated carbocycles. The van der Waals surface area contributed by atoms with Crippen molar-refractivity contribution in [3.63, 3.8) is 0 Å². The molecule has 1 amide bonds. The Morgan fingerprint density at radius 3 is 2.14 bits per heavy atom. The van der Waals surface area contributed by atoms with Crippen LogP contribution < -0.4 is 9.50 Å². The summed E-state index contributed by atoms with van der Waals surface area (Å²) in [6.45, 7) is 5.33. The first-order valence-electron chi connectivity index (χ1n) is 11.4. The fourth-order valence-corrected chi connectivity index (χ4v) is 4.18. The van der Waals surface area contributed by atoms with E-state index in [2.05, 4.69) is 5.32 Å². The van der Waals surface area contributed by atoms with Crippen molar-refractivity contribution in [3.8, 4) is 5.75 Å². The summed E-state index contributed by atoms with van der Waals surface area (Å²) in [6.07, 6.45) is -1.03. The van der Waals surface area contributed by atoms with Crippen LogP contribution in [0, 0.1) is 6.92 Å². The molecule has 3 aromatic carbocycles. The highest BCUT2D eigenvalue weighted by atomic mass is 32.2. The Kier molecular flexibility index (Phi) is 9.08. The summed E-state index contributed by atoms with van der Waals surface area (Å²) < 4.78 is 40.9. The summed E-state index contributed by atoms with van der Waals surface area (Å²) in [5.41, 5.74) is 2.28. The van der Waals surface area contributed by atoms with E-state index in [9.17, 15) is 18.0 Å². The van der Waals surface area contributed by atoms with Gasteiger partial charge in [-0.05, 0) is 56.2 Å². The van der Waals surface area contributed by atoms with E-state index in [1.54, 1.807) is 38.1 Å². The molecule has 0 aliphatic rings. The zero-order chi connectivity index (χ0) is 26.1. The van der Waals surface area contributed by atoms with Gasteiger partial charge >= 0.3 is 22.2 Å². The average molecular weight is 512 g/mol. The lowest BCUT2D eigenvalue weighted by atomic mass is 9.99. The SMILES string of the molecule is Cc1ccc(S(=O)(=O)Oc2ccc(C(CNC(=O)OCc3ccccc3)C(=O)OC(C)C)cc2)cc1. The van der Waals surface area contributed by atoms with E-state index in [-0.39, 0.29) is 29.9 Å². The number of amides is 1. The maximum absolute atomic E-state index is 12.7. The second kappa shape index (κ2) is 12.2.